The first-order valence-corrected chi connectivity index (χ1v) is 8.49. The van der Waals surface area contributed by atoms with Gasteiger partial charge in [-0.25, -0.2) is 4.79 Å². The molecule has 1 fully saturated rings. The zero-order chi connectivity index (χ0) is 15.9. The van der Waals surface area contributed by atoms with Gasteiger partial charge < -0.3 is 14.6 Å². The van der Waals surface area contributed by atoms with Gasteiger partial charge in [0, 0.05) is 25.1 Å². The molecule has 2 atom stereocenters. The molecule has 0 spiro atoms. The van der Waals surface area contributed by atoms with Crippen molar-refractivity contribution in [1.82, 2.24) is 10.2 Å². The van der Waals surface area contributed by atoms with E-state index in [0.29, 0.717) is 5.92 Å². The summed E-state index contributed by atoms with van der Waals surface area (Å²) in [6.07, 6.45) is 4.25. The fourth-order valence-electron chi connectivity index (χ4n) is 3.93. The fraction of sp³-hybridized carbons (Fsp3) is 0.722. The average molecular weight is 304 g/mol. The van der Waals surface area contributed by atoms with Crippen molar-refractivity contribution >= 4 is 6.03 Å². The van der Waals surface area contributed by atoms with E-state index in [1.54, 1.807) is 0 Å². The molecule has 0 aromatic carbocycles. The van der Waals surface area contributed by atoms with Crippen LogP contribution in [0.2, 0.25) is 0 Å². The van der Waals surface area contributed by atoms with Gasteiger partial charge in [-0.3, -0.25) is 0 Å². The Morgan fingerprint density at radius 1 is 1.45 bits per heavy atom. The van der Waals surface area contributed by atoms with Crippen LogP contribution in [0.25, 0.3) is 0 Å². The molecule has 0 radical (unpaired) electrons. The number of amides is 2. The number of nitrogens with one attached hydrogen (secondary N) is 1. The molecular weight excluding hydrogens is 276 g/mol. The maximum Gasteiger partial charge on any atom is 0.317 e. The van der Waals surface area contributed by atoms with Crippen molar-refractivity contribution in [2.24, 2.45) is 11.3 Å². The predicted molar refractivity (Wildman–Crippen MR) is 86.8 cm³/mol. The van der Waals surface area contributed by atoms with Crippen molar-refractivity contribution in [3.05, 3.63) is 23.2 Å². The average Bonchev–Trinajstić information content (AvgIpc) is 2.77. The molecule has 2 amide bonds. The van der Waals surface area contributed by atoms with Gasteiger partial charge in [-0.2, -0.15) is 0 Å². The third kappa shape index (κ3) is 3.16. The fourth-order valence-corrected chi connectivity index (χ4v) is 3.93. The monoisotopic (exact) mass is 304 g/mol. The first-order chi connectivity index (χ1) is 10.3. The third-order valence-corrected chi connectivity index (χ3v) is 4.98. The molecule has 1 aliphatic heterocycles. The molecule has 4 heteroatoms. The molecule has 3 rings (SSSR count). The molecule has 0 saturated carbocycles. The topological polar surface area (TPSA) is 45.5 Å². The standard InChI is InChI=1S/C18H28N2O2/c1-12-6-5-7-20(11-12)17(21)19-15-9-18(3,4)10-16-14(15)8-13(2)22-16/h8,12,15H,5-7,9-11H2,1-4H3,(H,19,21). The van der Waals surface area contributed by atoms with E-state index in [1.807, 2.05) is 11.8 Å². The normalized spacial score (nSPS) is 27.4. The number of hydrogen-bond donors (Lipinski definition) is 1. The number of furan rings is 1. The van der Waals surface area contributed by atoms with Crippen molar-refractivity contribution in [1.29, 1.82) is 0 Å². The zero-order valence-electron chi connectivity index (χ0n) is 14.2. The Morgan fingerprint density at radius 3 is 2.95 bits per heavy atom. The minimum Gasteiger partial charge on any atom is -0.466 e. The van der Waals surface area contributed by atoms with Crippen LogP contribution in [0.5, 0.6) is 0 Å². The summed E-state index contributed by atoms with van der Waals surface area (Å²) >= 11 is 0. The molecule has 2 aliphatic rings. The van der Waals surface area contributed by atoms with Crippen LogP contribution in [0.15, 0.2) is 10.5 Å². The van der Waals surface area contributed by atoms with Gasteiger partial charge in [-0.05, 0) is 43.6 Å². The molecule has 2 heterocycles. The summed E-state index contributed by atoms with van der Waals surface area (Å²) in [5.74, 6) is 2.59. The second-order valence-corrected chi connectivity index (χ2v) is 7.98. The highest BCUT2D eigenvalue weighted by Gasteiger charge is 2.36. The molecule has 1 aliphatic carbocycles. The molecule has 22 heavy (non-hydrogen) atoms. The van der Waals surface area contributed by atoms with Crippen LogP contribution in [-0.4, -0.2) is 24.0 Å². The Labute approximate surface area is 133 Å². The summed E-state index contributed by atoms with van der Waals surface area (Å²) in [5, 5.41) is 3.26. The minimum absolute atomic E-state index is 0.0703. The van der Waals surface area contributed by atoms with Crippen molar-refractivity contribution in [3.8, 4) is 0 Å². The molecule has 1 aromatic rings. The van der Waals surface area contributed by atoms with Crippen LogP contribution in [0, 0.1) is 18.3 Å². The van der Waals surface area contributed by atoms with E-state index in [9.17, 15) is 4.79 Å². The van der Waals surface area contributed by atoms with Crippen molar-refractivity contribution < 1.29 is 9.21 Å². The number of rotatable bonds is 1. The number of hydrogen-bond acceptors (Lipinski definition) is 2. The Balaban J connectivity index is 1.75. The van der Waals surface area contributed by atoms with Gasteiger partial charge in [0.15, 0.2) is 0 Å². The lowest BCUT2D eigenvalue weighted by Gasteiger charge is -2.37. The maximum atomic E-state index is 12.6. The lowest BCUT2D eigenvalue weighted by Crippen LogP contribution is -2.47. The predicted octanol–water partition coefficient (Wildman–Crippen LogP) is 4.04. The van der Waals surface area contributed by atoms with Gasteiger partial charge in [-0.15, -0.1) is 0 Å². The van der Waals surface area contributed by atoms with E-state index in [-0.39, 0.29) is 17.5 Å². The minimum atomic E-state index is 0.0703. The van der Waals surface area contributed by atoms with E-state index in [1.165, 1.54) is 12.0 Å². The third-order valence-electron chi connectivity index (χ3n) is 4.98. The summed E-state index contributed by atoms with van der Waals surface area (Å²) in [5.41, 5.74) is 1.33. The zero-order valence-corrected chi connectivity index (χ0v) is 14.2. The molecule has 4 nitrogen and oxygen atoms in total. The van der Waals surface area contributed by atoms with Crippen LogP contribution in [0.3, 0.4) is 0 Å². The smallest absolute Gasteiger partial charge is 0.317 e. The van der Waals surface area contributed by atoms with Crippen molar-refractivity contribution in [2.75, 3.05) is 13.1 Å². The molecule has 2 unspecified atom stereocenters. The van der Waals surface area contributed by atoms with Crippen LogP contribution in [0.4, 0.5) is 4.79 Å². The number of urea groups is 1. The largest absolute Gasteiger partial charge is 0.466 e. The summed E-state index contributed by atoms with van der Waals surface area (Å²) in [7, 11) is 0. The highest BCUT2D eigenvalue weighted by molar-refractivity contribution is 5.75. The molecule has 122 valence electrons. The number of piperidine rings is 1. The second kappa shape index (κ2) is 5.64. The van der Waals surface area contributed by atoms with Crippen LogP contribution < -0.4 is 5.32 Å². The van der Waals surface area contributed by atoms with Gasteiger partial charge in [0.25, 0.3) is 0 Å². The quantitative estimate of drug-likeness (QED) is 0.851. The maximum absolute atomic E-state index is 12.6. The van der Waals surface area contributed by atoms with Crippen LogP contribution >= 0.6 is 0 Å². The first-order valence-electron chi connectivity index (χ1n) is 8.49. The number of aryl methyl sites for hydroxylation is 1. The summed E-state index contributed by atoms with van der Waals surface area (Å²) in [6.45, 7) is 10.5. The molecule has 0 bridgehead atoms. The van der Waals surface area contributed by atoms with Gasteiger partial charge in [-0.1, -0.05) is 20.8 Å². The van der Waals surface area contributed by atoms with E-state index in [2.05, 4.69) is 32.2 Å². The molecule has 1 aromatic heterocycles. The van der Waals surface area contributed by atoms with E-state index < -0.39 is 0 Å². The first kappa shape index (κ1) is 15.4. The highest BCUT2D eigenvalue weighted by atomic mass is 16.3. The number of nitrogens with zero attached hydrogens (tertiary/aromatic N) is 1. The lowest BCUT2D eigenvalue weighted by atomic mass is 9.75. The second-order valence-electron chi connectivity index (χ2n) is 7.98. The van der Waals surface area contributed by atoms with Gasteiger partial charge >= 0.3 is 6.03 Å². The SMILES string of the molecule is Cc1cc2c(o1)CC(C)(C)CC2NC(=O)N1CCCC(C)C1. The Bertz CT molecular complexity index is 561. The van der Waals surface area contributed by atoms with Gasteiger partial charge in [0.1, 0.15) is 11.5 Å². The van der Waals surface area contributed by atoms with Crippen molar-refractivity contribution in [3.63, 3.8) is 0 Å². The Morgan fingerprint density at radius 2 is 2.23 bits per heavy atom. The molecule has 1 N–H and O–H groups in total. The Hall–Kier alpha value is -1.45. The van der Waals surface area contributed by atoms with E-state index >= 15 is 0 Å². The summed E-state index contributed by atoms with van der Waals surface area (Å²) < 4.78 is 5.85. The number of likely N-dealkylation sites (tertiary alicyclic amines) is 1. The number of carbonyl (C=O) groups excluding carboxylic acids is 1. The lowest BCUT2D eigenvalue weighted by molar-refractivity contribution is 0.158. The highest BCUT2D eigenvalue weighted by Crippen LogP contribution is 2.42. The van der Waals surface area contributed by atoms with Gasteiger partial charge in [0.2, 0.25) is 0 Å². The van der Waals surface area contributed by atoms with Crippen molar-refractivity contribution in [2.45, 2.75) is 59.4 Å². The van der Waals surface area contributed by atoms with E-state index in [4.69, 9.17) is 4.42 Å². The molecule has 1 saturated heterocycles. The summed E-state index contributed by atoms with van der Waals surface area (Å²) in [4.78, 5) is 14.6. The summed E-state index contributed by atoms with van der Waals surface area (Å²) in [6, 6.07) is 2.24. The molecular formula is C18H28N2O2. The van der Waals surface area contributed by atoms with E-state index in [0.717, 1.165) is 43.9 Å². The number of fused-ring (bicyclic) bond motifs is 1. The Kier molecular flexibility index (Phi) is 3.96. The van der Waals surface area contributed by atoms with Crippen LogP contribution in [0.1, 0.15) is 63.2 Å². The van der Waals surface area contributed by atoms with Crippen LogP contribution in [-0.2, 0) is 6.42 Å². The number of carbonyl (C=O) groups is 1. The van der Waals surface area contributed by atoms with Gasteiger partial charge in [0.05, 0.1) is 6.04 Å².